The highest BCUT2D eigenvalue weighted by Crippen LogP contribution is 2.35. The fourth-order valence-electron chi connectivity index (χ4n) is 3.13. The Kier molecular flexibility index (Phi) is 6.45. The molecule has 0 radical (unpaired) electrons. The fourth-order valence-corrected chi connectivity index (χ4v) is 4.83. The maximum atomic E-state index is 13.0. The Labute approximate surface area is 192 Å². The second kappa shape index (κ2) is 9.43. The summed E-state index contributed by atoms with van der Waals surface area (Å²) in [5.74, 6) is 0.489. The van der Waals surface area contributed by atoms with Crippen LogP contribution in [-0.2, 0) is 11.3 Å². The van der Waals surface area contributed by atoms with Crippen LogP contribution in [0.15, 0.2) is 41.8 Å². The Morgan fingerprint density at radius 2 is 1.69 bits per heavy atom. The second-order valence-electron chi connectivity index (χ2n) is 6.78. The molecule has 2 N–H and O–H groups in total. The van der Waals surface area contributed by atoms with E-state index in [-0.39, 0.29) is 18.4 Å². The van der Waals surface area contributed by atoms with Gasteiger partial charge in [-0.3, -0.25) is 9.59 Å². The molecule has 164 valence electrons. The Balaban J connectivity index is 1.52. The number of benzene rings is 1. The van der Waals surface area contributed by atoms with E-state index in [9.17, 15) is 9.59 Å². The molecule has 0 bridgehead atoms. The summed E-state index contributed by atoms with van der Waals surface area (Å²) in [6.07, 6.45) is 0. The number of ether oxygens (including phenoxy) is 2. The molecule has 8 nitrogen and oxygen atoms in total. The first-order chi connectivity index (χ1) is 15.5. The topological polar surface area (TPSA) is 102 Å². The molecule has 0 saturated carbocycles. The van der Waals surface area contributed by atoms with Crippen molar-refractivity contribution in [2.75, 3.05) is 24.9 Å². The highest BCUT2D eigenvalue weighted by molar-refractivity contribution is 7.20. The molecule has 0 aliphatic heterocycles. The zero-order valence-electron chi connectivity index (χ0n) is 17.6. The van der Waals surface area contributed by atoms with Crippen LogP contribution in [0, 0.1) is 6.92 Å². The smallest absolute Gasteiger partial charge is 0.266 e. The number of aryl methyl sites for hydroxylation is 1. The molecule has 0 aliphatic rings. The molecule has 32 heavy (non-hydrogen) atoms. The predicted octanol–water partition coefficient (Wildman–Crippen LogP) is 4.72. The first-order valence-corrected chi connectivity index (χ1v) is 11.3. The number of hydrogen-bond acceptors (Lipinski definition) is 8. The Morgan fingerprint density at radius 3 is 2.28 bits per heavy atom. The van der Waals surface area contributed by atoms with Gasteiger partial charge in [0.2, 0.25) is 5.88 Å². The lowest BCUT2D eigenvalue weighted by molar-refractivity contribution is 0.102. The third-order valence-electron chi connectivity index (χ3n) is 4.62. The molecule has 0 aliphatic carbocycles. The van der Waals surface area contributed by atoms with Crippen molar-refractivity contribution in [3.05, 3.63) is 62.9 Å². The Morgan fingerprint density at radius 1 is 1.00 bits per heavy atom. The number of thiophene rings is 2. The van der Waals surface area contributed by atoms with E-state index in [1.54, 1.807) is 37.4 Å². The van der Waals surface area contributed by atoms with E-state index in [2.05, 4.69) is 20.6 Å². The monoisotopic (exact) mass is 468 g/mol. The van der Waals surface area contributed by atoms with Gasteiger partial charge in [-0.2, -0.15) is 4.98 Å². The van der Waals surface area contributed by atoms with Gasteiger partial charge >= 0.3 is 0 Å². The predicted molar refractivity (Wildman–Crippen MR) is 126 cm³/mol. The summed E-state index contributed by atoms with van der Waals surface area (Å²) in [5, 5.41) is 8.29. The molecule has 0 fully saturated rings. The van der Waals surface area contributed by atoms with Crippen LogP contribution >= 0.6 is 22.7 Å². The Bertz CT molecular complexity index is 1270. The molecule has 0 atom stereocenters. The standard InChI is InChI=1S/C22H20N4O4S2/c1-12-17-21(30-3)25-16(11-29-2)26-22(17)32-18(12)20(28)24-14-8-6-13(7-9-14)23-19(27)15-5-4-10-31-15/h4-10H,11H2,1-3H3,(H,23,27)(H,24,28). The van der Waals surface area contributed by atoms with Gasteiger partial charge < -0.3 is 20.1 Å². The van der Waals surface area contributed by atoms with E-state index in [0.29, 0.717) is 43.1 Å². The number of nitrogens with zero attached hydrogens (tertiary/aromatic N) is 2. The number of amides is 2. The number of rotatable bonds is 7. The molecule has 10 heteroatoms. The van der Waals surface area contributed by atoms with Gasteiger partial charge in [0.05, 0.1) is 22.3 Å². The molecule has 0 saturated heterocycles. The third-order valence-corrected chi connectivity index (χ3v) is 6.67. The van der Waals surface area contributed by atoms with Crippen LogP contribution in [0.3, 0.4) is 0 Å². The molecule has 4 aromatic rings. The van der Waals surface area contributed by atoms with Gasteiger partial charge in [-0.1, -0.05) is 6.07 Å². The van der Waals surface area contributed by atoms with Crippen molar-refractivity contribution in [1.29, 1.82) is 0 Å². The normalized spacial score (nSPS) is 10.8. The van der Waals surface area contributed by atoms with Crippen LogP contribution in [0.1, 0.15) is 30.7 Å². The number of nitrogens with one attached hydrogen (secondary N) is 2. The van der Waals surface area contributed by atoms with Gasteiger partial charge in [0.15, 0.2) is 5.82 Å². The third kappa shape index (κ3) is 4.47. The summed E-state index contributed by atoms with van der Waals surface area (Å²) >= 11 is 2.65. The largest absolute Gasteiger partial charge is 0.480 e. The number of carbonyl (C=O) groups excluding carboxylic acids is 2. The maximum Gasteiger partial charge on any atom is 0.266 e. The minimum absolute atomic E-state index is 0.166. The van der Waals surface area contributed by atoms with Crippen molar-refractivity contribution < 1.29 is 19.1 Å². The van der Waals surface area contributed by atoms with Gasteiger partial charge in [-0.05, 0) is 48.2 Å². The van der Waals surface area contributed by atoms with E-state index < -0.39 is 0 Å². The lowest BCUT2D eigenvalue weighted by Crippen LogP contribution is -2.12. The molecule has 3 aromatic heterocycles. The molecule has 1 aromatic carbocycles. The molecular formula is C22H20N4O4S2. The average molecular weight is 469 g/mol. The van der Waals surface area contributed by atoms with E-state index in [1.165, 1.54) is 29.8 Å². The highest BCUT2D eigenvalue weighted by atomic mass is 32.1. The number of carbonyl (C=O) groups is 2. The zero-order valence-corrected chi connectivity index (χ0v) is 19.2. The number of fused-ring (bicyclic) bond motifs is 1. The van der Waals surface area contributed by atoms with Crippen molar-refractivity contribution in [3.63, 3.8) is 0 Å². The van der Waals surface area contributed by atoms with Crippen LogP contribution in [0.4, 0.5) is 11.4 Å². The van der Waals surface area contributed by atoms with Crippen LogP contribution < -0.4 is 15.4 Å². The molecule has 3 heterocycles. The van der Waals surface area contributed by atoms with Crippen molar-refractivity contribution in [2.24, 2.45) is 0 Å². The number of methoxy groups -OCH3 is 2. The van der Waals surface area contributed by atoms with Crippen LogP contribution in [0.2, 0.25) is 0 Å². The van der Waals surface area contributed by atoms with Gasteiger partial charge in [0.25, 0.3) is 11.8 Å². The summed E-state index contributed by atoms with van der Waals surface area (Å²) in [6.45, 7) is 2.10. The minimum Gasteiger partial charge on any atom is -0.480 e. The van der Waals surface area contributed by atoms with Gasteiger partial charge in [-0.25, -0.2) is 4.98 Å². The number of aromatic nitrogens is 2. The summed E-state index contributed by atoms with van der Waals surface area (Å²) in [6, 6.07) is 10.5. The molecule has 0 spiro atoms. The van der Waals surface area contributed by atoms with Crippen molar-refractivity contribution in [3.8, 4) is 5.88 Å². The second-order valence-corrected chi connectivity index (χ2v) is 8.73. The maximum absolute atomic E-state index is 13.0. The van der Waals surface area contributed by atoms with Gasteiger partial charge in [0, 0.05) is 18.5 Å². The first kappa shape index (κ1) is 21.9. The molecule has 2 amide bonds. The van der Waals surface area contributed by atoms with Gasteiger partial charge in [-0.15, -0.1) is 22.7 Å². The highest BCUT2D eigenvalue weighted by Gasteiger charge is 2.21. The summed E-state index contributed by atoms with van der Waals surface area (Å²) in [7, 11) is 3.10. The number of hydrogen-bond donors (Lipinski definition) is 2. The minimum atomic E-state index is -0.254. The summed E-state index contributed by atoms with van der Waals surface area (Å²) < 4.78 is 10.5. The van der Waals surface area contributed by atoms with Crippen LogP contribution in [0.5, 0.6) is 5.88 Å². The van der Waals surface area contributed by atoms with Crippen LogP contribution in [0.25, 0.3) is 10.2 Å². The molecule has 0 unspecified atom stereocenters. The van der Waals surface area contributed by atoms with E-state index in [0.717, 1.165) is 5.56 Å². The average Bonchev–Trinajstić information content (AvgIpc) is 3.43. The zero-order chi connectivity index (χ0) is 22.7. The van der Waals surface area contributed by atoms with Crippen molar-refractivity contribution in [2.45, 2.75) is 13.5 Å². The first-order valence-electron chi connectivity index (χ1n) is 9.59. The van der Waals surface area contributed by atoms with Crippen molar-refractivity contribution in [1.82, 2.24) is 9.97 Å². The van der Waals surface area contributed by atoms with Gasteiger partial charge in [0.1, 0.15) is 11.4 Å². The lowest BCUT2D eigenvalue weighted by Gasteiger charge is -2.07. The van der Waals surface area contributed by atoms with E-state index >= 15 is 0 Å². The van der Waals surface area contributed by atoms with E-state index in [4.69, 9.17) is 9.47 Å². The van der Waals surface area contributed by atoms with E-state index in [1.807, 2.05) is 18.4 Å². The lowest BCUT2D eigenvalue weighted by atomic mass is 10.2. The SMILES string of the molecule is COCc1nc(OC)c2c(C)c(C(=O)Nc3ccc(NC(=O)c4cccs4)cc3)sc2n1. The quantitative estimate of drug-likeness (QED) is 0.407. The fraction of sp³-hybridized carbons (Fsp3) is 0.182. The van der Waals surface area contributed by atoms with Crippen LogP contribution in [-0.4, -0.2) is 36.0 Å². The van der Waals surface area contributed by atoms with Crippen molar-refractivity contribution >= 4 is 56.1 Å². The molecular weight excluding hydrogens is 448 g/mol. The molecule has 4 rings (SSSR count). The Hall–Kier alpha value is -3.34. The summed E-state index contributed by atoms with van der Waals surface area (Å²) in [5.41, 5.74) is 2.01. The number of anilines is 2. The summed E-state index contributed by atoms with van der Waals surface area (Å²) in [4.78, 5) is 35.8.